The topological polar surface area (TPSA) is 24.9 Å². The number of nitrogens with zero attached hydrogens (tertiary/aromatic N) is 1. The summed E-state index contributed by atoms with van der Waals surface area (Å²) < 4.78 is 0. The molecule has 1 aliphatic rings. The second-order valence-corrected chi connectivity index (χ2v) is 6.36. The van der Waals surface area contributed by atoms with Gasteiger partial charge in [-0.3, -0.25) is 0 Å². The van der Waals surface area contributed by atoms with Crippen molar-refractivity contribution in [2.45, 2.75) is 51.5 Å². The first-order valence-corrected chi connectivity index (χ1v) is 7.87. The molecule has 0 bridgehead atoms. The molecule has 96 valence electrons. The van der Waals surface area contributed by atoms with E-state index in [1.165, 1.54) is 25.0 Å². The lowest BCUT2D eigenvalue weighted by Crippen LogP contribution is -2.44. The van der Waals surface area contributed by atoms with Gasteiger partial charge in [0.15, 0.2) is 5.13 Å². The highest BCUT2D eigenvalue weighted by Crippen LogP contribution is 2.36. The molecule has 0 spiro atoms. The molecule has 0 saturated heterocycles. The highest BCUT2D eigenvalue weighted by atomic mass is 35.5. The van der Waals surface area contributed by atoms with Crippen LogP contribution in [0.25, 0.3) is 0 Å². The van der Waals surface area contributed by atoms with Crippen LogP contribution in [-0.4, -0.2) is 16.4 Å². The smallest absolute Gasteiger partial charge is 0.183 e. The Hall–Kier alpha value is -0.280. The largest absolute Gasteiger partial charge is 0.355 e. The minimum atomic E-state index is 0.0715. The first-order valence-electron chi connectivity index (χ1n) is 6.46. The van der Waals surface area contributed by atoms with Gasteiger partial charge in [-0.05, 0) is 25.2 Å². The highest BCUT2D eigenvalue weighted by molar-refractivity contribution is 7.13. The van der Waals surface area contributed by atoms with Gasteiger partial charge in [0.05, 0.1) is 11.2 Å². The third-order valence-electron chi connectivity index (χ3n) is 3.63. The molecule has 2 atom stereocenters. The monoisotopic (exact) mass is 272 g/mol. The molecule has 1 aromatic heterocycles. The van der Waals surface area contributed by atoms with E-state index >= 15 is 0 Å². The lowest BCUT2D eigenvalue weighted by Gasteiger charge is -2.39. The van der Waals surface area contributed by atoms with Gasteiger partial charge in [-0.2, -0.15) is 0 Å². The average molecular weight is 273 g/mol. The number of hydrogen-bond donors (Lipinski definition) is 1. The maximum Gasteiger partial charge on any atom is 0.183 e. The van der Waals surface area contributed by atoms with Gasteiger partial charge >= 0.3 is 0 Å². The average Bonchev–Trinajstić information content (AvgIpc) is 2.76. The summed E-state index contributed by atoms with van der Waals surface area (Å²) >= 11 is 7.91. The molecule has 0 radical (unpaired) electrons. The second kappa shape index (κ2) is 5.57. The van der Waals surface area contributed by atoms with E-state index in [1.54, 1.807) is 11.3 Å². The van der Waals surface area contributed by atoms with Crippen molar-refractivity contribution in [3.05, 3.63) is 11.1 Å². The molecule has 0 aliphatic heterocycles. The molecule has 2 nitrogen and oxygen atoms in total. The molecule has 17 heavy (non-hydrogen) atoms. The maximum absolute atomic E-state index is 6.21. The first-order chi connectivity index (χ1) is 8.17. The van der Waals surface area contributed by atoms with Crippen LogP contribution in [0.2, 0.25) is 0 Å². The summed E-state index contributed by atoms with van der Waals surface area (Å²) in [7, 11) is 0. The van der Waals surface area contributed by atoms with Crippen molar-refractivity contribution in [2.75, 3.05) is 11.2 Å². The van der Waals surface area contributed by atoms with Gasteiger partial charge in [0.25, 0.3) is 0 Å². The first kappa shape index (κ1) is 13.2. The Bertz CT molecular complexity index is 366. The number of anilines is 1. The van der Waals surface area contributed by atoms with Crippen molar-refractivity contribution in [3.63, 3.8) is 0 Å². The molecule has 1 saturated carbocycles. The Balaban J connectivity index is 2.07. The van der Waals surface area contributed by atoms with E-state index in [1.807, 2.05) is 0 Å². The quantitative estimate of drug-likeness (QED) is 0.827. The minimum Gasteiger partial charge on any atom is -0.355 e. The van der Waals surface area contributed by atoms with Crippen molar-refractivity contribution >= 4 is 28.1 Å². The summed E-state index contributed by atoms with van der Waals surface area (Å²) in [4.78, 5) is 4.59. The van der Waals surface area contributed by atoms with Crippen molar-refractivity contribution in [1.29, 1.82) is 0 Å². The maximum atomic E-state index is 6.21. The SMILES string of the molecule is CCc1csc(NC2(CCl)CCCC(C)C2)n1. The zero-order valence-corrected chi connectivity index (χ0v) is 12.2. The predicted octanol–water partition coefficient (Wildman–Crippen LogP) is 4.31. The van der Waals surface area contributed by atoms with Gasteiger partial charge in [0.2, 0.25) is 0 Å². The normalized spacial score (nSPS) is 29.2. The number of aromatic nitrogens is 1. The fourth-order valence-electron chi connectivity index (χ4n) is 2.68. The van der Waals surface area contributed by atoms with Crippen molar-refractivity contribution in [2.24, 2.45) is 5.92 Å². The van der Waals surface area contributed by atoms with E-state index in [9.17, 15) is 0 Å². The number of thiazole rings is 1. The number of hydrogen-bond acceptors (Lipinski definition) is 3. The molecular formula is C13H21ClN2S. The van der Waals surface area contributed by atoms with Crippen LogP contribution < -0.4 is 5.32 Å². The molecule has 2 rings (SSSR count). The molecule has 0 amide bonds. The molecule has 4 heteroatoms. The summed E-state index contributed by atoms with van der Waals surface area (Å²) in [5.41, 5.74) is 1.24. The van der Waals surface area contributed by atoms with E-state index in [2.05, 4.69) is 29.5 Å². The van der Waals surface area contributed by atoms with E-state index in [-0.39, 0.29) is 5.54 Å². The van der Waals surface area contributed by atoms with Crippen LogP contribution in [0.3, 0.4) is 0 Å². The summed E-state index contributed by atoms with van der Waals surface area (Å²) in [5.74, 6) is 1.44. The Morgan fingerprint density at radius 3 is 3.06 bits per heavy atom. The van der Waals surface area contributed by atoms with Crippen LogP contribution >= 0.6 is 22.9 Å². The lowest BCUT2D eigenvalue weighted by molar-refractivity contribution is 0.279. The fraction of sp³-hybridized carbons (Fsp3) is 0.769. The van der Waals surface area contributed by atoms with E-state index in [4.69, 9.17) is 11.6 Å². The molecule has 1 fully saturated rings. The molecule has 1 aromatic rings. The van der Waals surface area contributed by atoms with Crippen LogP contribution in [0.5, 0.6) is 0 Å². The number of aryl methyl sites for hydroxylation is 1. The Morgan fingerprint density at radius 1 is 1.65 bits per heavy atom. The molecule has 1 N–H and O–H groups in total. The highest BCUT2D eigenvalue weighted by Gasteiger charge is 2.34. The van der Waals surface area contributed by atoms with Gasteiger partial charge in [-0.15, -0.1) is 22.9 Å². The summed E-state index contributed by atoms with van der Waals surface area (Å²) in [6, 6.07) is 0. The van der Waals surface area contributed by atoms with Crippen molar-refractivity contribution in [1.82, 2.24) is 4.98 Å². The predicted molar refractivity (Wildman–Crippen MR) is 76.2 cm³/mol. The van der Waals surface area contributed by atoms with Crippen LogP contribution in [0.4, 0.5) is 5.13 Å². The van der Waals surface area contributed by atoms with Crippen molar-refractivity contribution in [3.8, 4) is 0 Å². The lowest BCUT2D eigenvalue weighted by atomic mass is 9.77. The Kier molecular flexibility index (Phi) is 4.31. The number of alkyl halides is 1. The van der Waals surface area contributed by atoms with E-state index in [0.29, 0.717) is 5.88 Å². The number of halogens is 1. The third-order valence-corrected chi connectivity index (χ3v) is 4.95. The summed E-state index contributed by atoms with van der Waals surface area (Å²) in [6.45, 7) is 4.46. The molecule has 1 heterocycles. The Morgan fingerprint density at radius 2 is 2.47 bits per heavy atom. The zero-order chi connectivity index (χ0) is 12.3. The summed E-state index contributed by atoms with van der Waals surface area (Å²) in [5, 5.41) is 6.78. The molecule has 0 aromatic carbocycles. The van der Waals surface area contributed by atoms with E-state index < -0.39 is 0 Å². The van der Waals surface area contributed by atoms with Crippen LogP contribution in [0.15, 0.2) is 5.38 Å². The molecule has 2 unspecified atom stereocenters. The Labute approximate surface area is 113 Å². The number of nitrogens with one attached hydrogen (secondary N) is 1. The van der Waals surface area contributed by atoms with Crippen LogP contribution in [0, 0.1) is 5.92 Å². The van der Waals surface area contributed by atoms with Crippen LogP contribution in [0.1, 0.15) is 45.2 Å². The van der Waals surface area contributed by atoms with Crippen molar-refractivity contribution < 1.29 is 0 Å². The second-order valence-electron chi connectivity index (χ2n) is 5.24. The minimum absolute atomic E-state index is 0.0715. The van der Waals surface area contributed by atoms with Gasteiger partial charge < -0.3 is 5.32 Å². The number of rotatable bonds is 4. The van der Waals surface area contributed by atoms with Gasteiger partial charge in [-0.25, -0.2) is 4.98 Å². The van der Waals surface area contributed by atoms with Gasteiger partial charge in [0.1, 0.15) is 0 Å². The van der Waals surface area contributed by atoms with Crippen LogP contribution in [-0.2, 0) is 6.42 Å². The van der Waals surface area contributed by atoms with E-state index in [0.717, 1.165) is 23.9 Å². The third kappa shape index (κ3) is 3.14. The standard InChI is InChI=1S/C13H21ClN2S/c1-3-11-8-17-12(15-11)16-13(9-14)6-4-5-10(2)7-13/h8,10H,3-7,9H2,1-2H3,(H,15,16). The van der Waals surface area contributed by atoms with Gasteiger partial charge in [0, 0.05) is 11.3 Å². The summed E-state index contributed by atoms with van der Waals surface area (Å²) in [6.07, 6.45) is 5.94. The molecule has 1 aliphatic carbocycles. The van der Waals surface area contributed by atoms with Gasteiger partial charge in [-0.1, -0.05) is 26.7 Å². The zero-order valence-electron chi connectivity index (χ0n) is 10.6. The molecular weight excluding hydrogens is 252 g/mol. The fourth-order valence-corrected chi connectivity index (χ4v) is 3.90.